The van der Waals surface area contributed by atoms with Crippen LogP contribution in [0.4, 0.5) is 5.69 Å². The Labute approximate surface area is 86.0 Å². The lowest BCUT2D eigenvalue weighted by atomic mass is 10.3. The molecule has 0 unspecified atom stereocenters. The summed E-state index contributed by atoms with van der Waals surface area (Å²) >= 11 is 0. The molecule has 0 radical (unpaired) electrons. The first-order valence-corrected chi connectivity index (χ1v) is 4.45. The largest absolute Gasteiger partial charge is 0.399 e. The van der Waals surface area contributed by atoms with Gasteiger partial charge in [-0.15, -0.1) is 0 Å². The third-order valence-electron chi connectivity index (χ3n) is 2.04. The van der Waals surface area contributed by atoms with E-state index in [-0.39, 0.29) is 5.69 Å². The van der Waals surface area contributed by atoms with Gasteiger partial charge in [-0.1, -0.05) is 0 Å². The molecule has 2 aromatic heterocycles. The smallest absolute Gasteiger partial charge is 0.345 e. The predicted molar refractivity (Wildman–Crippen MR) is 55.2 cm³/mol. The number of aryl methyl sites for hydroxylation is 1. The zero-order valence-corrected chi connectivity index (χ0v) is 8.29. The fourth-order valence-corrected chi connectivity index (χ4v) is 1.27. The number of hydrogen-bond donors (Lipinski definition) is 1. The van der Waals surface area contributed by atoms with E-state index in [2.05, 4.69) is 10.1 Å². The minimum Gasteiger partial charge on any atom is -0.399 e. The zero-order valence-electron chi connectivity index (χ0n) is 8.29. The third-order valence-corrected chi connectivity index (χ3v) is 2.04. The second-order valence-corrected chi connectivity index (χ2v) is 3.26. The highest BCUT2D eigenvalue weighted by Gasteiger charge is 2.03. The molecular formula is C9H11N5O. The highest BCUT2D eigenvalue weighted by atomic mass is 16.2. The van der Waals surface area contributed by atoms with Gasteiger partial charge < -0.3 is 5.73 Å². The molecule has 0 atom stereocenters. The normalized spacial score (nSPS) is 10.5. The van der Waals surface area contributed by atoms with E-state index in [1.165, 1.54) is 15.6 Å². The molecule has 15 heavy (non-hydrogen) atoms. The number of pyridine rings is 1. The Kier molecular flexibility index (Phi) is 2.24. The monoisotopic (exact) mass is 205 g/mol. The van der Waals surface area contributed by atoms with Crippen molar-refractivity contribution in [3.8, 4) is 0 Å². The van der Waals surface area contributed by atoms with Gasteiger partial charge >= 0.3 is 5.69 Å². The number of aromatic nitrogens is 4. The predicted octanol–water partition coefficient (Wildman–Crippen LogP) is -0.393. The van der Waals surface area contributed by atoms with Crippen LogP contribution in [0.3, 0.4) is 0 Å². The summed E-state index contributed by atoms with van der Waals surface area (Å²) in [6, 6.07) is 3.42. The molecule has 0 bridgehead atoms. The van der Waals surface area contributed by atoms with Crippen molar-refractivity contribution in [3.05, 3.63) is 40.8 Å². The maximum absolute atomic E-state index is 11.5. The minimum atomic E-state index is -0.167. The van der Waals surface area contributed by atoms with E-state index in [0.717, 1.165) is 5.69 Å². The molecule has 2 N–H and O–H groups in total. The molecular weight excluding hydrogens is 194 g/mol. The maximum atomic E-state index is 11.5. The molecule has 78 valence electrons. The standard InChI is InChI=1S/C9H11N5O/c1-13-6-12-14(9(13)15)5-8-4-7(10)2-3-11-8/h2-4,6H,5H2,1H3,(H2,10,11). The number of hydrogen-bond acceptors (Lipinski definition) is 4. The summed E-state index contributed by atoms with van der Waals surface area (Å²) in [7, 11) is 1.65. The van der Waals surface area contributed by atoms with Gasteiger partial charge in [-0.05, 0) is 12.1 Å². The van der Waals surface area contributed by atoms with Gasteiger partial charge in [0.1, 0.15) is 6.33 Å². The van der Waals surface area contributed by atoms with Gasteiger partial charge in [-0.2, -0.15) is 5.10 Å². The van der Waals surface area contributed by atoms with E-state index < -0.39 is 0 Å². The van der Waals surface area contributed by atoms with E-state index >= 15 is 0 Å². The van der Waals surface area contributed by atoms with Gasteiger partial charge in [0, 0.05) is 18.9 Å². The fourth-order valence-electron chi connectivity index (χ4n) is 1.27. The summed E-state index contributed by atoms with van der Waals surface area (Å²) in [4.78, 5) is 15.6. The number of rotatable bonds is 2. The molecule has 0 saturated heterocycles. The van der Waals surface area contributed by atoms with E-state index in [1.807, 2.05) is 0 Å². The lowest BCUT2D eigenvalue weighted by Crippen LogP contribution is -2.23. The van der Waals surface area contributed by atoms with Gasteiger partial charge in [0.2, 0.25) is 0 Å². The molecule has 0 aliphatic carbocycles. The molecule has 2 aromatic rings. The lowest BCUT2D eigenvalue weighted by Gasteiger charge is -2.00. The quantitative estimate of drug-likeness (QED) is 0.724. The average Bonchev–Trinajstić information content (AvgIpc) is 2.50. The van der Waals surface area contributed by atoms with Gasteiger partial charge in [0.05, 0.1) is 12.2 Å². The van der Waals surface area contributed by atoms with Crippen molar-refractivity contribution in [3.63, 3.8) is 0 Å². The van der Waals surface area contributed by atoms with Crippen LogP contribution in [-0.4, -0.2) is 19.3 Å². The van der Waals surface area contributed by atoms with Crippen molar-refractivity contribution in [1.29, 1.82) is 0 Å². The Morgan fingerprint density at radius 3 is 2.93 bits per heavy atom. The second kappa shape index (κ2) is 3.56. The van der Waals surface area contributed by atoms with Gasteiger partial charge in [-0.25, -0.2) is 9.48 Å². The van der Waals surface area contributed by atoms with Crippen LogP contribution in [0.2, 0.25) is 0 Å². The molecule has 0 fully saturated rings. The SMILES string of the molecule is Cn1cnn(Cc2cc(N)ccn2)c1=O. The topological polar surface area (TPSA) is 78.7 Å². The van der Waals surface area contributed by atoms with Crippen molar-refractivity contribution < 1.29 is 0 Å². The van der Waals surface area contributed by atoms with Crippen molar-refractivity contribution in [2.75, 3.05) is 5.73 Å². The molecule has 0 saturated carbocycles. The van der Waals surface area contributed by atoms with Crippen molar-refractivity contribution in [1.82, 2.24) is 19.3 Å². The molecule has 6 heteroatoms. The Morgan fingerprint density at radius 1 is 1.53 bits per heavy atom. The molecule has 0 aliphatic heterocycles. The number of nitrogens with zero attached hydrogens (tertiary/aromatic N) is 4. The van der Waals surface area contributed by atoms with Crippen LogP contribution in [0, 0.1) is 0 Å². The Hall–Kier alpha value is -2.11. The van der Waals surface area contributed by atoms with Crippen LogP contribution in [-0.2, 0) is 13.6 Å². The van der Waals surface area contributed by atoms with Crippen LogP contribution in [0.15, 0.2) is 29.5 Å². The summed E-state index contributed by atoms with van der Waals surface area (Å²) in [5.74, 6) is 0. The van der Waals surface area contributed by atoms with E-state index in [9.17, 15) is 4.79 Å². The molecule has 6 nitrogen and oxygen atoms in total. The van der Waals surface area contributed by atoms with Gasteiger partial charge in [0.25, 0.3) is 0 Å². The summed E-state index contributed by atoms with van der Waals surface area (Å²) < 4.78 is 2.74. The second-order valence-electron chi connectivity index (χ2n) is 3.26. The fraction of sp³-hybridized carbons (Fsp3) is 0.222. The van der Waals surface area contributed by atoms with E-state index in [4.69, 9.17) is 5.73 Å². The number of nitrogens with two attached hydrogens (primary N) is 1. The van der Waals surface area contributed by atoms with Crippen LogP contribution in [0.5, 0.6) is 0 Å². The molecule has 0 aliphatic rings. The summed E-state index contributed by atoms with van der Waals surface area (Å²) in [5, 5.41) is 3.93. The first-order valence-electron chi connectivity index (χ1n) is 4.45. The van der Waals surface area contributed by atoms with Crippen molar-refractivity contribution in [2.45, 2.75) is 6.54 Å². The lowest BCUT2D eigenvalue weighted by molar-refractivity contribution is 0.636. The van der Waals surface area contributed by atoms with E-state index in [0.29, 0.717) is 12.2 Å². The van der Waals surface area contributed by atoms with Crippen molar-refractivity contribution >= 4 is 5.69 Å². The van der Waals surface area contributed by atoms with Crippen LogP contribution < -0.4 is 11.4 Å². The Bertz CT molecular complexity index is 527. The Balaban J connectivity index is 2.30. The molecule has 0 aromatic carbocycles. The van der Waals surface area contributed by atoms with E-state index in [1.54, 1.807) is 25.4 Å². The number of anilines is 1. The molecule has 0 spiro atoms. The average molecular weight is 205 g/mol. The highest BCUT2D eigenvalue weighted by molar-refractivity contribution is 5.37. The summed E-state index contributed by atoms with van der Waals surface area (Å²) in [6.45, 7) is 0.338. The van der Waals surface area contributed by atoms with Crippen molar-refractivity contribution in [2.24, 2.45) is 7.05 Å². The van der Waals surface area contributed by atoms with Crippen LogP contribution in [0.25, 0.3) is 0 Å². The highest BCUT2D eigenvalue weighted by Crippen LogP contribution is 2.03. The summed E-state index contributed by atoms with van der Waals surface area (Å²) in [6.07, 6.45) is 3.08. The molecule has 2 heterocycles. The first kappa shape index (κ1) is 9.45. The van der Waals surface area contributed by atoms with Gasteiger partial charge in [0.15, 0.2) is 0 Å². The van der Waals surface area contributed by atoms with Crippen LogP contribution >= 0.6 is 0 Å². The Morgan fingerprint density at radius 2 is 2.33 bits per heavy atom. The number of nitrogen functional groups attached to an aromatic ring is 1. The van der Waals surface area contributed by atoms with Gasteiger partial charge in [-0.3, -0.25) is 9.55 Å². The molecule has 2 rings (SSSR count). The minimum absolute atomic E-state index is 0.167. The molecule has 0 amide bonds. The maximum Gasteiger partial charge on any atom is 0.345 e. The first-order chi connectivity index (χ1) is 7.16. The van der Waals surface area contributed by atoms with Crippen LogP contribution in [0.1, 0.15) is 5.69 Å². The third kappa shape index (κ3) is 1.88. The summed E-state index contributed by atoms with van der Waals surface area (Å²) in [5.41, 5.74) is 6.78. The zero-order chi connectivity index (χ0) is 10.8.